The Morgan fingerprint density at radius 3 is 2.48 bits per heavy atom. The van der Waals surface area contributed by atoms with Crippen molar-refractivity contribution in [3.63, 3.8) is 0 Å². The maximum Gasteiger partial charge on any atom is 0.234 e. The summed E-state index contributed by atoms with van der Waals surface area (Å²) in [6.45, 7) is 4.82. The van der Waals surface area contributed by atoms with E-state index in [2.05, 4.69) is 15.1 Å². The monoisotopic (exact) mass is 343 g/mol. The fraction of sp³-hybridized carbons (Fsp3) is 0.421. The Labute approximate surface area is 148 Å². The Hall–Kier alpha value is -2.15. The number of hydrogen-bond acceptors (Lipinski definition) is 5. The molecule has 3 rings (SSSR count). The number of nitrogens with one attached hydrogen (secondary N) is 1. The zero-order valence-electron chi connectivity index (χ0n) is 14.3. The van der Waals surface area contributed by atoms with Gasteiger partial charge < -0.3 is 14.8 Å². The van der Waals surface area contributed by atoms with Crippen molar-refractivity contribution < 1.29 is 14.3 Å². The first-order valence-corrected chi connectivity index (χ1v) is 8.67. The van der Waals surface area contributed by atoms with E-state index < -0.39 is 6.10 Å². The third kappa shape index (κ3) is 5.42. The number of β-amino-alcohol motifs (C(OH)–C–C–N with tert-alkyl or cyclic N) is 1. The number of piperazine rings is 1. The minimum Gasteiger partial charge on any atom is -0.467 e. The van der Waals surface area contributed by atoms with Gasteiger partial charge in [-0.15, -0.1) is 0 Å². The number of aliphatic hydroxyl groups is 1. The highest BCUT2D eigenvalue weighted by atomic mass is 16.3. The predicted molar refractivity (Wildman–Crippen MR) is 94.8 cm³/mol. The maximum atomic E-state index is 12.0. The fourth-order valence-electron chi connectivity index (χ4n) is 3.01. The first-order valence-electron chi connectivity index (χ1n) is 8.67. The van der Waals surface area contributed by atoms with E-state index in [4.69, 9.17) is 4.42 Å². The van der Waals surface area contributed by atoms with Gasteiger partial charge in [0.2, 0.25) is 5.91 Å². The van der Waals surface area contributed by atoms with Gasteiger partial charge in [0.15, 0.2) is 0 Å². The summed E-state index contributed by atoms with van der Waals surface area (Å²) < 4.78 is 5.20. The van der Waals surface area contributed by atoms with Gasteiger partial charge in [-0.2, -0.15) is 0 Å². The van der Waals surface area contributed by atoms with Crippen molar-refractivity contribution in [3.05, 3.63) is 60.1 Å². The number of carbonyl (C=O) groups is 1. The van der Waals surface area contributed by atoms with Crippen molar-refractivity contribution in [2.45, 2.75) is 12.6 Å². The van der Waals surface area contributed by atoms with Crippen LogP contribution in [0.2, 0.25) is 0 Å². The Morgan fingerprint density at radius 1 is 1.08 bits per heavy atom. The maximum absolute atomic E-state index is 12.0. The van der Waals surface area contributed by atoms with Crippen molar-refractivity contribution in [2.75, 3.05) is 39.3 Å². The number of benzene rings is 1. The molecule has 0 bridgehead atoms. The molecule has 2 heterocycles. The topological polar surface area (TPSA) is 69.0 Å². The molecule has 0 radical (unpaired) electrons. The Bertz CT molecular complexity index is 637. The number of hydrogen-bond donors (Lipinski definition) is 2. The van der Waals surface area contributed by atoms with Crippen molar-refractivity contribution in [1.29, 1.82) is 0 Å². The molecule has 6 nitrogen and oxygen atoms in total. The lowest BCUT2D eigenvalue weighted by molar-refractivity contribution is -0.123. The summed E-state index contributed by atoms with van der Waals surface area (Å²) in [5.41, 5.74) is 0.947. The lowest BCUT2D eigenvalue weighted by atomic mass is 10.1. The number of aliphatic hydroxyl groups excluding tert-OH is 1. The van der Waals surface area contributed by atoms with E-state index >= 15 is 0 Å². The van der Waals surface area contributed by atoms with Crippen LogP contribution in [-0.2, 0) is 11.3 Å². The number of nitrogens with zero attached hydrogens (tertiary/aromatic N) is 2. The van der Waals surface area contributed by atoms with E-state index in [1.807, 2.05) is 42.5 Å². The summed E-state index contributed by atoms with van der Waals surface area (Å²) in [7, 11) is 0. The standard InChI is InChI=1S/C19H25N3O3/c23-18(16-5-2-1-3-6-16)14-21-8-10-22(11-9-21)15-19(24)20-13-17-7-4-12-25-17/h1-7,12,18,23H,8-11,13-15H2,(H,20,24)/t18-/m0/s1. The van der Waals surface area contributed by atoms with Gasteiger partial charge in [0.05, 0.1) is 25.5 Å². The van der Waals surface area contributed by atoms with Crippen LogP contribution in [0.3, 0.4) is 0 Å². The normalized spacial score (nSPS) is 17.3. The molecule has 134 valence electrons. The van der Waals surface area contributed by atoms with E-state index in [0.29, 0.717) is 19.6 Å². The third-order valence-electron chi connectivity index (χ3n) is 4.49. The average Bonchev–Trinajstić information content (AvgIpc) is 3.16. The number of rotatable bonds is 7. The zero-order chi connectivity index (χ0) is 17.5. The highest BCUT2D eigenvalue weighted by Crippen LogP contribution is 2.14. The molecule has 1 atom stereocenters. The van der Waals surface area contributed by atoms with E-state index in [0.717, 1.165) is 37.5 Å². The van der Waals surface area contributed by atoms with Gasteiger partial charge in [-0.1, -0.05) is 30.3 Å². The van der Waals surface area contributed by atoms with Gasteiger partial charge in [-0.05, 0) is 17.7 Å². The van der Waals surface area contributed by atoms with Crippen LogP contribution in [0.4, 0.5) is 0 Å². The van der Waals surface area contributed by atoms with Crippen LogP contribution in [0.15, 0.2) is 53.1 Å². The Kier molecular flexibility index (Phi) is 6.22. The SMILES string of the molecule is O=C(CN1CCN(C[C@H](O)c2ccccc2)CC1)NCc1ccco1. The van der Waals surface area contributed by atoms with Crippen molar-refractivity contribution in [2.24, 2.45) is 0 Å². The van der Waals surface area contributed by atoms with Crippen LogP contribution in [0.25, 0.3) is 0 Å². The molecule has 2 aromatic rings. The second-order valence-corrected chi connectivity index (χ2v) is 6.36. The molecule has 1 fully saturated rings. The Morgan fingerprint density at radius 2 is 1.80 bits per heavy atom. The van der Waals surface area contributed by atoms with E-state index in [1.54, 1.807) is 6.26 Å². The molecule has 1 aliphatic rings. The van der Waals surface area contributed by atoms with Crippen LogP contribution in [0.1, 0.15) is 17.4 Å². The molecule has 1 aliphatic heterocycles. The molecule has 1 saturated heterocycles. The molecular formula is C19H25N3O3. The molecule has 25 heavy (non-hydrogen) atoms. The molecular weight excluding hydrogens is 318 g/mol. The fourth-order valence-corrected chi connectivity index (χ4v) is 3.01. The first kappa shape index (κ1) is 17.7. The molecule has 0 spiro atoms. The number of furan rings is 1. The first-order chi connectivity index (χ1) is 12.2. The molecule has 6 heteroatoms. The zero-order valence-corrected chi connectivity index (χ0v) is 14.3. The van der Waals surface area contributed by atoms with Crippen molar-refractivity contribution >= 4 is 5.91 Å². The van der Waals surface area contributed by atoms with E-state index in [9.17, 15) is 9.90 Å². The molecule has 0 unspecified atom stereocenters. The van der Waals surface area contributed by atoms with Crippen LogP contribution in [-0.4, -0.2) is 60.1 Å². The molecule has 2 N–H and O–H groups in total. The molecule has 0 saturated carbocycles. The van der Waals surface area contributed by atoms with Gasteiger partial charge in [-0.25, -0.2) is 0 Å². The largest absolute Gasteiger partial charge is 0.467 e. The molecule has 0 aliphatic carbocycles. The summed E-state index contributed by atoms with van der Waals surface area (Å²) >= 11 is 0. The molecule has 1 amide bonds. The summed E-state index contributed by atoms with van der Waals surface area (Å²) in [5, 5.41) is 13.2. The van der Waals surface area contributed by atoms with Crippen molar-refractivity contribution in [1.82, 2.24) is 15.1 Å². The lowest BCUT2D eigenvalue weighted by Gasteiger charge is -2.35. The molecule has 1 aromatic carbocycles. The van der Waals surface area contributed by atoms with Crippen LogP contribution in [0.5, 0.6) is 0 Å². The molecule has 1 aromatic heterocycles. The number of carbonyl (C=O) groups excluding carboxylic acids is 1. The minimum absolute atomic E-state index is 0.00849. The predicted octanol–water partition coefficient (Wildman–Crippen LogP) is 1.25. The van der Waals surface area contributed by atoms with Gasteiger partial charge in [0.1, 0.15) is 5.76 Å². The number of amides is 1. The minimum atomic E-state index is -0.468. The van der Waals surface area contributed by atoms with Crippen LogP contribution in [0, 0.1) is 0 Å². The van der Waals surface area contributed by atoms with Crippen molar-refractivity contribution in [3.8, 4) is 0 Å². The second kappa shape index (κ2) is 8.80. The summed E-state index contributed by atoms with van der Waals surface area (Å²) in [4.78, 5) is 16.4. The van der Waals surface area contributed by atoms with Crippen LogP contribution < -0.4 is 5.32 Å². The quantitative estimate of drug-likeness (QED) is 0.792. The Balaban J connectivity index is 1.36. The van der Waals surface area contributed by atoms with Gasteiger partial charge in [-0.3, -0.25) is 14.6 Å². The third-order valence-corrected chi connectivity index (χ3v) is 4.49. The highest BCUT2D eigenvalue weighted by Gasteiger charge is 2.21. The smallest absolute Gasteiger partial charge is 0.234 e. The van der Waals surface area contributed by atoms with Gasteiger partial charge in [0, 0.05) is 32.7 Å². The highest BCUT2D eigenvalue weighted by molar-refractivity contribution is 5.77. The summed E-state index contributed by atoms with van der Waals surface area (Å²) in [6.07, 6.45) is 1.13. The van der Waals surface area contributed by atoms with E-state index in [1.165, 1.54) is 0 Å². The van der Waals surface area contributed by atoms with Crippen LogP contribution >= 0.6 is 0 Å². The van der Waals surface area contributed by atoms with E-state index in [-0.39, 0.29) is 5.91 Å². The second-order valence-electron chi connectivity index (χ2n) is 6.36. The van der Waals surface area contributed by atoms with Gasteiger partial charge in [0.25, 0.3) is 0 Å². The van der Waals surface area contributed by atoms with Gasteiger partial charge >= 0.3 is 0 Å². The summed E-state index contributed by atoms with van der Waals surface area (Å²) in [6, 6.07) is 13.4. The summed E-state index contributed by atoms with van der Waals surface area (Å²) in [5.74, 6) is 0.766. The lowest BCUT2D eigenvalue weighted by Crippen LogP contribution is -2.50. The average molecular weight is 343 g/mol.